The fraction of sp³-hybridized carbons (Fsp3) is 0.889. The summed E-state index contributed by atoms with van der Waals surface area (Å²) in [5, 5.41) is 2.71. The number of nitrogens with two attached hydrogens (primary N) is 1. The van der Waals surface area contributed by atoms with E-state index in [0.29, 0.717) is 19.1 Å². The molecule has 1 saturated carbocycles. The number of ether oxygens (including phenoxy) is 1. The van der Waals surface area contributed by atoms with E-state index in [1.54, 1.807) is 6.92 Å². The molecule has 0 aromatic heterocycles. The minimum Gasteiger partial charge on any atom is -0.450 e. The SMILES string of the molecule is CCOC(=O)NCC1CCCC1N. The zero-order valence-electron chi connectivity index (χ0n) is 8.08. The Morgan fingerprint density at radius 1 is 1.62 bits per heavy atom. The van der Waals surface area contributed by atoms with Crippen LogP contribution in [0.5, 0.6) is 0 Å². The van der Waals surface area contributed by atoms with Crippen molar-refractivity contribution in [2.24, 2.45) is 11.7 Å². The van der Waals surface area contributed by atoms with Gasteiger partial charge in [0.25, 0.3) is 0 Å². The summed E-state index contributed by atoms with van der Waals surface area (Å²) in [7, 11) is 0. The van der Waals surface area contributed by atoms with Gasteiger partial charge in [-0.15, -0.1) is 0 Å². The number of amides is 1. The maximum atomic E-state index is 10.9. The van der Waals surface area contributed by atoms with Gasteiger partial charge in [0, 0.05) is 12.6 Å². The van der Waals surface area contributed by atoms with E-state index in [1.165, 1.54) is 6.42 Å². The first kappa shape index (κ1) is 10.3. The zero-order valence-corrected chi connectivity index (χ0v) is 8.08. The van der Waals surface area contributed by atoms with Crippen molar-refractivity contribution in [2.75, 3.05) is 13.2 Å². The summed E-state index contributed by atoms with van der Waals surface area (Å²) in [6, 6.07) is 0.252. The van der Waals surface area contributed by atoms with Crippen molar-refractivity contribution in [1.29, 1.82) is 0 Å². The number of hydrogen-bond donors (Lipinski definition) is 2. The molecule has 2 atom stereocenters. The van der Waals surface area contributed by atoms with E-state index in [2.05, 4.69) is 5.32 Å². The lowest BCUT2D eigenvalue weighted by Crippen LogP contribution is -2.36. The minimum atomic E-state index is -0.332. The van der Waals surface area contributed by atoms with Crippen LogP contribution in [0.25, 0.3) is 0 Å². The molecule has 4 nitrogen and oxygen atoms in total. The summed E-state index contributed by atoms with van der Waals surface area (Å²) in [6.45, 7) is 2.86. The van der Waals surface area contributed by atoms with Gasteiger partial charge >= 0.3 is 6.09 Å². The summed E-state index contributed by atoms with van der Waals surface area (Å²) in [5.74, 6) is 0.435. The first-order chi connectivity index (χ1) is 6.24. The topological polar surface area (TPSA) is 64.3 Å². The van der Waals surface area contributed by atoms with Gasteiger partial charge < -0.3 is 15.8 Å². The van der Waals surface area contributed by atoms with Crippen LogP contribution in [0.4, 0.5) is 4.79 Å². The van der Waals surface area contributed by atoms with E-state index in [0.717, 1.165) is 12.8 Å². The second kappa shape index (κ2) is 5.07. The number of nitrogens with one attached hydrogen (secondary N) is 1. The molecule has 2 unspecified atom stereocenters. The first-order valence-corrected chi connectivity index (χ1v) is 4.90. The van der Waals surface area contributed by atoms with E-state index < -0.39 is 0 Å². The van der Waals surface area contributed by atoms with Crippen LogP contribution < -0.4 is 11.1 Å². The third-order valence-corrected chi connectivity index (χ3v) is 2.50. The summed E-state index contributed by atoms with van der Waals surface area (Å²) in [4.78, 5) is 10.9. The highest BCUT2D eigenvalue weighted by atomic mass is 16.5. The largest absolute Gasteiger partial charge is 0.450 e. The van der Waals surface area contributed by atoms with Crippen molar-refractivity contribution in [3.63, 3.8) is 0 Å². The van der Waals surface area contributed by atoms with Crippen molar-refractivity contribution in [3.05, 3.63) is 0 Å². The lowest BCUT2D eigenvalue weighted by Gasteiger charge is -2.15. The van der Waals surface area contributed by atoms with E-state index in [9.17, 15) is 4.79 Å². The molecule has 4 heteroatoms. The molecular formula is C9H18N2O2. The van der Waals surface area contributed by atoms with E-state index in [1.807, 2.05) is 0 Å². The molecule has 76 valence electrons. The molecule has 1 rings (SSSR count). The molecule has 0 aliphatic heterocycles. The molecule has 0 radical (unpaired) electrons. The second-order valence-electron chi connectivity index (χ2n) is 3.46. The molecule has 3 N–H and O–H groups in total. The minimum absolute atomic E-state index is 0.252. The van der Waals surface area contributed by atoms with Gasteiger partial charge in [-0.05, 0) is 25.7 Å². The van der Waals surface area contributed by atoms with Crippen molar-refractivity contribution >= 4 is 6.09 Å². The van der Waals surface area contributed by atoms with Crippen LogP contribution in [0, 0.1) is 5.92 Å². The monoisotopic (exact) mass is 186 g/mol. The quantitative estimate of drug-likeness (QED) is 0.687. The molecule has 0 saturated heterocycles. The lowest BCUT2D eigenvalue weighted by atomic mass is 10.1. The van der Waals surface area contributed by atoms with Crippen molar-refractivity contribution < 1.29 is 9.53 Å². The maximum Gasteiger partial charge on any atom is 0.407 e. The number of alkyl carbamates (subject to hydrolysis) is 1. The number of hydrogen-bond acceptors (Lipinski definition) is 3. The molecule has 1 amide bonds. The fourth-order valence-corrected chi connectivity index (χ4v) is 1.72. The Labute approximate surface area is 78.8 Å². The molecule has 1 aliphatic rings. The summed E-state index contributed by atoms with van der Waals surface area (Å²) >= 11 is 0. The van der Waals surface area contributed by atoms with Crippen molar-refractivity contribution in [1.82, 2.24) is 5.32 Å². The average Bonchev–Trinajstić information content (AvgIpc) is 2.48. The van der Waals surface area contributed by atoms with Gasteiger partial charge in [0.15, 0.2) is 0 Å². The van der Waals surface area contributed by atoms with Gasteiger partial charge in [0.1, 0.15) is 0 Å². The molecule has 1 aliphatic carbocycles. The summed E-state index contributed by atoms with van der Waals surface area (Å²) in [5.41, 5.74) is 5.85. The molecular weight excluding hydrogens is 168 g/mol. The maximum absolute atomic E-state index is 10.9. The Hall–Kier alpha value is -0.770. The van der Waals surface area contributed by atoms with Gasteiger partial charge in [-0.3, -0.25) is 0 Å². The molecule has 13 heavy (non-hydrogen) atoms. The molecule has 0 aromatic rings. The Morgan fingerprint density at radius 3 is 2.92 bits per heavy atom. The first-order valence-electron chi connectivity index (χ1n) is 4.90. The molecule has 0 bridgehead atoms. The Morgan fingerprint density at radius 2 is 2.38 bits per heavy atom. The molecule has 0 heterocycles. The van der Waals surface area contributed by atoms with E-state index >= 15 is 0 Å². The van der Waals surface area contributed by atoms with E-state index in [-0.39, 0.29) is 12.1 Å². The highest BCUT2D eigenvalue weighted by Crippen LogP contribution is 2.22. The second-order valence-corrected chi connectivity index (χ2v) is 3.46. The van der Waals surface area contributed by atoms with Crippen LogP contribution in [0.3, 0.4) is 0 Å². The van der Waals surface area contributed by atoms with Crippen LogP contribution in [0.15, 0.2) is 0 Å². The Balaban J connectivity index is 2.14. The average molecular weight is 186 g/mol. The zero-order chi connectivity index (χ0) is 9.68. The molecule has 0 aromatic carbocycles. The third kappa shape index (κ3) is 3.22. The van der Waals surface area contributed by atoms with Crippen LogP contribution in [-0.4, -0.2) is 25.3 Å². The predicted octanol–water partition coefficient (Wildman–Crippen LogP) is 0.860. The lowest BCUT2D eigenvalue weighted by molar-refractivity contribution is 0.150. The molecule has 1 fully saturated rings. The normalized spacial score (nSPS) is 27.2. The molecule has 0 spiro atoms. The standard InChI is InChI=1S/C9H18N2O2/c1-2-13-9(12)11-6-7-4-3-5-8(7)10/h7-8H,2-6,10H2,1H3,(H,11,12). The highest BCUT2D eigenvalue weighted by Gasteiger charge is 2.23. The van der Waals surface area contributed by atoms with Gasteiger partial charge in [0.05, 0.1) is 6.61 Å². The smallest absolute Gasteiger partial charge is 0.407 e. The van der Waals surface area contributed by atoms with Crippen molar-refractivity contribution in [2.45, 2.75) is 32.2 Å². The van der Waals surface area contributed by atoms with Crippen LogP contribution in [-0.2, 0) is 4.74 Å². The van der Waals surface area contributed by atoms with Crippen LogP contribution in [0.1, 0.15) is 26.2 Å². The van der Waals surface area contributed by atoms with Gasteiger partial charge in [-0.25, -0.2) is 4.79 Å². The van der Waals surface area contributed by atoms with Gasteiger partial charge in [-0.1, -0.05) is 6.42 Å². The number of carbonyl (C=O) groups is 1. The summed E-state index contributed by atoms with van der Waals surface area (Å²) < 4.78 is 4.75. The third-order valence-electron chi connectivity index (χ3n) is 2.50. The van der Waals surface area contributed by atoms with Gasteiger partial charge in [-0.2, -0.15) is 0 Å². The fourth-order valence-electron chi connectivity index (χ4n) is 1.72. The Bertz CT molecular complexity index is 173. The number of rotatable bonds is 3. The van der Waals surface area contributed by atoms with E-state index in [4.69, 9.17) is 10.5 Å². The van der Waals surface area contributed by atoms with Crippen molar-refractivity contribution in [3.8, 4) is 0 Å². The van der Waals surface area contributed by atoms with Crippen LogP contribution in [0.2, 0.25) is 0 Å². The summed E-state index contributed by atoms with van der Waals surface area (Å²) in [6.07, 6.45) is 3.04. The predicted molar refractivity (Wildman–Crippen MR) is 50.3 cm³/mol. The highest BCUT2D eigenvalue weighted by molar-refractivity contribution is 5.67. The number of carbonyl (C=O) groups excluding carboxylic acids is 1. The van der Waals surface area contributed by atoms with Gasteiger partial charge in [0.2, 0.25) is 0 Å². The Kier molecular flexibility index (Phi) is 4.02. The van der Waals surface area contributed by atoms with Crippen LogP contribution >= 0.6 is 0 Å².